The zero-order valence-corrected chi connectivity index (χ0v) is 8.91. The Bertz CT molecular complexity index is 280. The van der Waals surface area contributed by atoms with Crippen LogP contribution in [0.25, 0.3) is 0 Å². The lowest BCUT2D eigenvalue weighted by Gasteiger charge is -2.37. The Morgan fingerprint density at radius 1 is 1.00 bits per heavy atom. The molecule has 3 saturated carbocycles. The average molecular weight is 188 g/mol. The maximum Gasteiger partial charge on any atom is -0.0194 e. The van der Waals surface area contributed by atoms with Crippen LogP contribution >= 0.6 is 0 Å². The topological polar surface area (TPSA) is 0 Å². The lowest BCUT2D eigenvalue weighted by atomic mass is 9.67. The minimum atomic E-state index is 0.842. The van der Waals surface area contributed by atoms with E-state index >= 15 is 0 Å². The van der Waals surface area contributed by atoms with Gasteiger partial charge in [-0.1, -0.05) is 12.2 Å². The molecule has 4 aliphatic carbocycles. The molecular formula is C14H20. The molecule has 3 fully saturated rings. The summed E-state index contributed by atoms with van der Waals surface area (Å²) in [7, 11) is 0. The van der Waals surface area contributed by atoms with Crippen LogP contribution in [-0.2, 0) is 0 Å². The molecule has 0 heterocycles. The molecule has 4 bridgehead atoms. The van der Waals surface area contributed by atoms with Gasteiger partial charge in [-0.15, -0.1) is 0 Å². The van der Waals surface area contributed by atoms with Gasteiger partial charge in [-0.3, -0.25) is 0 Å². The summed E-state index contributed by atoms with van der Waals surface area (Å²) in [6, 6.07) is 0. The zero-order valence-electron chi connectivity index (χ0n) is 8.91. The first-order valence-electron chi connectivity index (χ1n) is 6.54. The molecule has 0 saturated heterocycles. The van der Waals surface area contributed by atoms with Crippen LogP contribution in [-0.4, -0.2) is 0 Å². The van der Waals surface area contributed by atoms with Gasteiger partial charge in [0.15, 0.2) is 0 Å². The van der Waals surface area contributed by atoms with Crippen molar-refractivity contribution in [3.05, 3.63) is 12.2 Å². The van der Waals surface area contributed by atoms with Crippen LogP contribution < -0.4 is 0 Å². The molecule has 14 heavy (non-hydrogen) atoms. The number of rotatable bonds is 1. The Labute approximate surface area is 86.8 Å². The second kappa shape index (κ2) is 2.46. The first-order valence-corrected chi connectivity index (χ1v) is 6.54. The zero-order chi connectivity index (χ0) is 9.17. The molecule has 76 valence electrons. The summed E-state index contributed by atoms with van der Waals surface area (Å²) in [6.07, 6.45) is 16.0. The highest BCUT2D eigenvalue weighted by molar-refractivity contribution is 5.15. The molecule has 0 radical (unpaired) electrons. The fraction of sp³-hybridized carbons (Fsp3) is 0.857. The Hall–Kier alpha value is -0.260. The van der Waals surface area contributed by atoms with E-state index < -0.39 is 0 Å². The van der Waals surface area contributed by atoms with Crippen LogP contribution in [0.3, 0.4) is 0 Å². The third kappa shape index (κ3) is 0.857. The normalized spacial score (nSPS) is 58.9. The van der Waals surface area contributed by atoms with Crippen molar-refractivity contribution in [3.63, 3.8) is 0 Å². The van der Waals surface area contributed by atoms with E-state index in [9.17, 15) is 0 Å². The Morgan fingerprint density at radius 3 is 2.36 bits per heavy atom. The summed E-state index contributed by atoms with van der Waals surface area (Å²) in [6.45, 7) is 0. The lowest BCUT2D eigenvalue weighted by molar-refractivity contribution is 0.142. The molecule has 0 nitrogen and oxygen atoms in total. The molecule has 0 aromatic rings. The minimum Gasteiger partial charge on any atom is -0.0851 e. The number of hydrogen-bond donors (Lipinski definition) is 0. The molecule has 4 rings (SSSR count). The van der Waals surface area contributed by atoms with Crippen molar-refractivity contribution in [2.75, 3.05) is 0 Å². The molecule has 0 aliphatic heterocycles. The molecule has 0 spiro atoms. The van der Waals surface area contributed by atoms with E-state index in [4.69, 9.17) is 0 Å². The highest BCUT2D eigenvalue weighted by Crippen LogP contribution is 2.64. The summed E-state index contributed by atoms with van der Waals surface area (Å²) in [5.41, 5.74) is 0.842. The van der Waals surface area contributed by atoms with E-state index in [1.807, 2.05) is 0 Å². The van der Waals surface area contributed by atoms with Gasteiger partial charge < -0.3 is 0 Å². The van der Waals surface area contributed by atoms with Crippen LogP contribution in [0.15, 0.2) is 12.2 Å². The third-order valence-corrected chi connectivity index (χ3v) is 5.86. The van der Waals surface area contributed by atoms with Crippen molar-refractivity contribution in [1.82, 2.24) is 0 Å². The van der Waals surface area contributed by atoms with Crippen LogP contribution in [0, 0.1) is 29.1 Å². The maximum absolute atomic E-state index is 2.55. The molecule has 0 amide bonds. The molecular weight excluding hydrogens is 168 g/mol. The quantitative estimate of drug-likeness (QED) is 0.549. The second-order valence-corrected chi connectivity index (χ2v) is 6.40. The second-order valence-electron chi connectivity index (χ2n) is 6.40. The first kappa shape index (κ1) is 7.96. The standard InChI is InChI=1S/C14H20/c1-2-12-7-11(1)8-13(12)14-5-3-10(9-14)4-6-14/h1-2,10-13H,3-9H2. The largest absolute Gasteiger partial charge is 0.0851 e. The SMILES string of the molecule is C1=CC2CC1CC2C12CCC(CC1)C2. The Morgan fingerprint density at radius 2 is 1.86 bits per heavy atom. The monoisotopic (exact) mass is 188 g/mol. The minimum absolute atomic E-state index is 0.842. The van der Waals surface area contributed by atoms with E-state index in [1.165, 1.54) is 6.42 Å². The maximum atomic E-state index is 2.55. The predicted octanol–water partition coefficient (Wildman–Crippen LogP) is 3.78. The van der Waals surface area contributed by atoms with E-state index in [0.29, 0.717) is 0 Å². The van der Waals surface area contributed by atoms with E-state index in [-0.39, 0.29) is 0 Å². The van der Waals surface area contributed by atoms with Gasteiger partial charge in [0, 0.05) is 0 Å². The third-order valence-electron chi connectivity index (χ3n) is 5.86. The first-order chi connectivity index (χ1) is 6.86. The Balaban J connectivity index is 1.66. The van der Waals surface area contributed by atoms with E-state index in [0.717, 1.165) is 29.1 Å². The van der Waals surface area contributed by atoms with Crippen molar-refractivity contribution in [1.29, 1.82) is 0 Å². The van der Waals surface area contributed by atoms with Crippen LogP contribution in [0.5, 0.6) is 0 Å². The lowest BCUT2D eigenvalue weighted by Crippen LogP contribution is -2.29. The smallest absolute Gasteiger partial charge is 0.0194 e. The van der Waals surface area contributed by atoms with Crippen molar-refractivity contribution in [3.8, 4) is 0 Å². The number of fused-ring (bicyclic) bond motifs is 4. The summed E-state index contributed by atoms with van der Waals surface area (Å²) >= 11 is 0. The van der Waals surface area contributed by atoms with Crippen molar-refractivity contribution in [2.45, 2.75) is 44.9 Å². The predicted molar refractivity (Wildman–Crippen MR) is 57.9 cm³/mol. The fourth-order valence-electron chi connectivity index (χ4n) is 5.24. The van der Waals surface area contributed by atoms with Gasteiger partial charge >= 0.3 is 0 Å². The molecule has 3 unspecified atom stereocenters. The summed E-state index contributed by atoms with van der Waals surface area (Å²) in [5.74, 6) is 4.22. The number of allylic oxidation sites excluding steroid dienone is 2. The van der Waals surface area contributed by atoms with Crippen molar-refractivity contribution >= 4 is 0 Å². The number of hydrogen-bond acceptors (Lipinski definition) is 0. The van der Waals surface area contributed by atoms with Gasteiger partial charge in [0.1, 0.15) is 0 Å². The van der Waals surface area contributed by atoms with Crippen LogP contribution in [0.4, 0.5) is 0 Å². The van der Waals surface area contributed by atoms with E-state index in [1.54, 1.807) is 38.5 Å². The molecule has 3 atom stereocenters. The van der Waals surface area contributed by atoms with Gasteiger partial charge in [-0.2, -0.15) is 0 Å². The molecule has 0 heteroatoms. The Kier molecular flexibility index (Phi) is 1.40. The van der Waals surface area contributed by atoms with Crippen molar-refractivity contribution in [2.24, 2.45) is 29.1 Å². The van der Waals surface area contributed by atoms with Gasteiger partial charge in [-0.25, -0.2) is 0 Å². The average Bonchev–Trinajstić information content (AvgIpc) is 2.98. The van der Waals surface area contributed by atoms with Gasteiger partial charge in [0.05, 0.1) is 0 Å². The summed E-state index contributed by atoms with van der Waals surface area (Å²) in [4.78, 5) is 0. The van der Waals surface area contributed by atoms with Crippen LogP contribution in [0.2, 0.25) is 0 Å². The molecule has 0 aromatic heterocycles. The molecule has 4 aliphatic rings. The van der Waals surface area contributed by atoms with Gasteiger partial charge in [0.2, 0.25) is 0 Å². The van der Waals surface area contributed by atoms with Gasteiger partial charge in [-0.05, 0) is 74.0 Å². The molecule has 0 aromatic carbocycles. The highest BCUT2D eigenvalue weighted by Gasteiger charge is 2.54. The van der Waals surface area contributed by atoms with Crippen LogP contribution in [0.1, 0.15) is 44.9 Å². The fourth-order valence-corrected chi connectivity index (χ4v) is 5.24. The van der Waals surface area contributed by atoms with Crippen molar-refractivity contribution < 1.29 is 0 Å². The summed E-state index contributed by atoms with van der Waals surface area (Å²) < 4.78 is 0. The molecule has 0 N–H and O–H groups in total. The highest BCUT2D eigenvalue weighted by atomic mass is 14.6. The summed E-state index contributed by atoms with van der Waals surface area (Å²) in [5, 5.41) is 0. The van der Waals surface area contributed by atoms with Gasteiger partial charge in [0.25, 0.3) is 0 Å². The van der Waals surface area contributed by atoms with E-state index in [2.05, 4.69) is 12.2 Å².